The molecule has 0 aromatic carbocycles. The Morgan fingerprint density at radius 2 is 1.92 bits per heavy atom. The van der Waals surface area contributed by atoms with E-state index < -0.39 is 0 Å². The third-order valence-corrected chi connectivity index (χ3v) is 2.85. The third-order valence-electron chi connectivity index (χ3n) is 2.85. The molecule has 0 radical (unpaired) electrons. The first-order valence-electron chi connectivity index (χ1n) is 4.91. The largest absolute Gasteiger partial charge is 0.353 e. The van der Waals surface area contributed by atoms with Crippen molar-refractivity contribution in [3.63, 3.8) is 0 Å². The highest BCUT2D eigenvalue weighted by Crippen LogP contribution is 2.26. The summed E-state index contributed by atoms with van der Waals surface area (Å²) in [6.07, 6.45) is 3.42. The van der Waals surface area contributed by atoms with E-state index in [2.05, 4.69) is 26.1 Å². The zero-order valence-corrected chi connectivity index (χ0v) is 8.26. The van der Waals surface area contributed by atoms with Crippen LogP contribution in [0.25, 0.3) is 0 Å². The van der Waals surface area contributed by atoms with Crippen LogP contribution in [0.2, 0.25) is 0 Å². The molecule has 1 aliphatic carbocycles. The van der Waals surface area contributed by atoms with E-state index in [0.717, 1.165) is 12.8 Å². The fourth-order valence-corrected chi connectivity index (χ4v) is 1.18. The second-order valence-electron chi connectivity index (χ2n) is 4.17. The first-order valence-corrected chi connectivity index (χ1v) is 4.91. The molecule has 70 valence electrons. The monoisotopic (exact) mass is 169 g/mol. The van der Waals surface area contributed by atoms with Crippen molar-refractivity contribution in [2.24, 2.45) is 11.8 Å². The van der Waals surface area contributed by atoms with Gasteiger partial charge >= 0.3 is 0 Å². The molecule has 1 rings (SSSR count). The summed E-state index contributed by atoms with van der Waals surface area (Å²) in [6.45, 7) is 6.33. The van der Waals surface area contributed by atoms with E-state index in [4.69, 9.17) is 0 Å². The van der Waals surface area contributed by atoms with Crippen molar-refractivity contribution >= 4 is 5.91 Å². The zero-order chi connectivity index (χ0) is 9.14. The minimum Gasteiger partial charge on any atom is -0.353 e. The van der Waals surface area contributed by atoms with Crippen molar-refractivity contribution in [2.75, 3.05) is 0 Å². The molecule has 2 heteroatoms. The quantitative estimate of drug-likeness (QED) is 0.687. The van der Waals surface area contributed by atoms with Gasteiger partial charge in [0.1, 0.15) is 0 Å². The Hall–Kier alpha value is -0.530. The molecule has 12 heavy (non-hydrogen) atoms. The van der Waals surface area contributed by atoms with E-state index in [1.807, 2.05) is 0 Å². The molecule has 0 spiro atoms. The fourth-order valence-electron chi connectivity index (χ4n) is 1.18. The fraction of sp³-hybridized carbons (Fsp3) is 0.900. The molecule has 0 unspecified atom stereocenters. The molecule has 1 saturated carbocycles. The number of amides is 1. The topological polar surface area (TPSA) is 29.1 Å². The highest BCUT2D eigenvalue weighted by atomic mass is 16.1. The van der Waals surface area contributed by atoms with Gasteiger partial charge in [-0.05, 0) is 25.7 Å². The molecule has 2 nitrogen and oxygen atoms in total. The molecule has 0 aromatic rings. The van der Waals surface area contributed by atoms with Crippen molar-refractivity contribution in [1.82, 2.24) is 5.32 Å². The van der Waals surface area contributed by atoms with Gasteiger partial charge in [0.05, 0.1) is 0 Å². The standard InChI is InChI=1S/C10H19NO/c1-7(2)8(3)11-10(12)9-5-4-6-9/h7-9H,4-6H2,1-3H3,(H,11,12)/t8-/m1/s1. The van der Waals surface area contributed by atoms with Gasteiger partial charge in [-0.3, -0.25) is 4.79 Å². The number of hydrogen-bond acceptors (Lipinski definition) is 1. The maximum absolute atomic E-state index is 11.4. The molecule has 0 bridgehead atoms. The van der Waals surface area contributed by atoms with Crippen molar-refractivity contribution < 1.29 is 4.79 Å². The smallest absolute Gasteiger partial charge is 0.223 e. The molecule has 0 aliphatic heterocycles. The number of carbonyl (C=O) groups excluding carboxylic acids is 1. The van der Waals surface area contributed by atoms with E-state index in [-0.39, 0.29) is 5.91 Å². The molecule has 1 aliphatic rings. The van der Waals surface area contributed by atoms with Gasteiger partial charge in [0, 0.05) is 12.0 Å². The number of hydrogen-bond donors (Lipinski definition) is 1. The predicted molar refractivity (Wildman–Crippen MR) is 49.8 cm³/mol. The van der Waals surface area contributed by atoms with Crippen LogP contribution in [0.5, 0.6) is 0 Å². The van der Waals surface area contributed by atoms with Crippen LogP contribution in [-0.2, 0) is 4.79 Å². The highest BCUT2D eigenvalue weighted by Gasteiger charge is 2.26. The summed E-state index contributed by atoms with van der Waals surface area (Å²) in [5.74, 6) is 1.13. The lowest BCUT2D eigenvalue weighted by Gasteiger charge is -2.27. The van der Waals surface area contributed by atoms with Gasteiger partial charge in [0.2, 0.25) is 5.91 Å². The summed E-state index contributed by atoms with van der Waals surface area (Å²) >= 11 is 0. The highest BCUT2D eigenvalue weighted by molar-refractivity contribution is 5.79. The van der Waals surface area contributed by atoms with Crippen LogP contribution in [0.3, 0.4) is 0 Å². The van der Waals surface area contributed by atoms with Crippen LogP contribution in [0.15, 0.2) is 0 Å². The molecule has 0 saturated heterocycles. The SMILES string of the molecule is CC(C)[C@@H](C)NC(=O)C1CCC1. The van der Waals surface area contributed by atoms with Crippen molar-refractivity contribution in [2.45, 2.75) is 46.1 Å². The maximum atomic E-state index is 11.4. The van der Waals surface area contributed by atoms with Gasteiger partial charge in [-0.25, -0.2) is 0 Å². The molecule has 1 amide bonds. The summed E-state index contributed by atoms with van der Waals surface area (Å²) in [4.78, 5) is 11.4. The van der Waals surface area contributed by atoms with E-state index in [1.54, 1.807) is 0 Å². The minimum absolute atomic E-state index is 0.266. The lowest BCUT2D eigenvalue weighted by atomic mass is 9.84. The third kappa shape index (κ3) is 2.23. The van der Waals surface area contributed by atoms with Crippen LogP contribution in [0, 0.1) is 11.8 Å². The average molecular weight is 169 g/mol. The molecule has 1 fully saturated rings. The van der Waals surface area contributed by atoms with Gasteiger partial charge in [-0.1, -0.05) is 20.3 Å². The van der Waals surface area contributed by atoms with Crippen LogP contribution < -0.4 is 5.32 Å². The van der Waals surface area contributed by atoms with Crippen molar-refractivity contribution in [1.29, 1.82) is 0 Å². The molecular weight excluding hydrogens is 150 g/mol. The first-order chi connectivity index (χ1) is 5.61. The molecule has 0 heterocycles. The number of rotatable bonds is 3. The van der Waals surface area contributed by atoms with Crippen LogP contribution in [0.1, 0.15) is 40.0 Å². The second-order valence-corrected chi connectivity index (χ2v) is 4.17. The van der Waals surface area contributed by atoms with Crippen molar-refractivity contribution in [3.05, 3.63) is 0 Å². The van der Waals surface area contributed by atoms with E-state index >= 15 is 0 Å². The molecule has 1 atom stereocenters. The summed E-state index contributed by atoms with van der Waals surface area (Å²) in [5.41, 5.74) is 0. The Morgan fingerprint density at radius 1 is 1.33 bits per heavy atom. The van der Waals surface area contributed by atoms with E-state index in [1.165, 1.54) is 6.42 Å². The molecular formula is C10H19NO. The van der Waals surface area contributed by atoms with Crippen LogP contribution in [-0.4, -0.2) is 11.9 Å². The van der Waals surface area contributed by atoms with Crippen LogP contribution >= 0.6 is 0 Å². The van der Waals surface area contributed by atoms with Crippen LogP contribution in [0.4, 0.5) is 0 Å². The zero-order valence-electron chi connectivity index (χ0n) is 8.26. The van der Waals surface area contributed by atoms with E-state index in [0.29, 0.717) is 17.9 Å². The number of carbonyl (C=O) groups is 1. The lowest BCUT2D eigenvalue weighted by Crippen LogP contribution is -2.41. The Kier molecular flexibility index (Phi) is 3.12. The number of nitrogens with one attached hydrogen (secondary N) is 1. The Labute approximate surface area is 74.7 Å². The molecule has 1 N–H and O–H groups in total. The maximum Gasteiger partial charge on any atom is 0.223 e. The minimum atomic E-state index is 0.266. The first kappa shape index (κ1) is 9.56. The van der Waals surface area contributed by atoms with Gasteiger partial charge < -0.3 is 5.32 Å². The van der Waals surface area contributed by atoms with Gasteiger partial charge in [0.15, 0.2) is 0 Å². The molecule has 0 aromatic heterocycles. The van der Waals surface area contributed by atoms with Crippen molar-refractivity contribution in [3.8, 4) is 0 Å². The van der Waals surface area contributed by atoms with Gasteiger partial charge in [-0.2, -0.15) is 0 Å². The van der Waals surface area contributed by atoms with Gasteiger partial charge in [0.25, 0.3) is 0 Å². The van der Waals surface area contributed by atoms with Gasteiger partial charge in [-0.15, -0.1) is 0 Å². The average Bonchev–Trinajstić information content (AvgIpc) is 1.82. The normalized spacial score (nSPS) is 20.3. The van der Waals surface area contributed by atoms with E-state index in [9.17, 15) is 4.79 Å². The predicted octanol–water partition coefficient (Wildman–Crippen LogP) is 1.95. The lowest BCUT2D eigenvalue weighted by molar-refractivity contribution is -0.128. The summed E-state index contributed by atoms with van der Waals surface area (Å²) in [6, 6.07) is 0.318. The Balaban J connectivity index is 2.25. The Morgan fingerprint density at radius 3 is 2.25 bits per heavy atom. The summed E-state index contributed by atoms with van der Waals surface area (Å²) in [5, 5.41) is 3.04. The second kappa shape index (κ2) is 3.92. The summed E-state index contributed by atoms with van der Waals surface area (Å²) < 4.78 is 0. The Bertz CT molecular complexity index is 161. The summed E-state index contributed by atoms with van der Waals surface area (Å²) in [7, 11) is 0.